The zero-order valence-corrected chi connectivity index (χ0v) is 17.1. The molecule has 0 aromatic heterocycles. The minimum absolute atomic E-state index is 0.0793. The average molecular weight is 398 g/mol. The lowest BCUT2D eigenvalue weighted by Gasteiger charge is -2.12. The summed E-state index contributed by atoms with van der Waals surface area (Å²) in [6, 6.07) is 7.18. The standard InChI is InChI=1S/C19H27NO4S2/c1-20(2)16-9-7-15(8-10-16)19(22)24-13-12-23-18(21)6-4-3-5-17-11-14-25-26-17/h7-10,17H,3-6,11-14H2,1-2H3. The number of nitrogens with zero attached hydrogens (tertiary/aromatic N) is 1. The lowest BCUT2D eigenvalue weighted by atomic mass is 10.1. The van der Waals surface area contributed by atoms with Crippen LogP contribution >= 0.6 is 21.6 Å². The number of unbranched alkanes of at least 4 members (excludes halogenated alkanes) is 1. The Kier molecular flexibility index (Phi) is 9.18. The van der Waals surface area contributed by atoms with Gasteiger partial charge in [0.1, 0.15) is 13.2 Å². The monoisotopic (exact) mass is 397 g/mol. The van der Waals surface area contributed by atoms with Gasteiger partial charge in [0.2, 0.25) is 0 Å². The topological polar surface area (TPSA) is 55.8 Å². The van der Waals surface area contributed by atoms with Gasteiger partial charge in [-0.15, -0.1) is 0 Å². The molecular formula is C19H27NO4S2. The molecule has 1 aliphatic heterocycles. The van der Waals surface area contributed by atoms with Gasteiger partial charge < -0.3 is 14.4 Å². The van der Waals surface area contributed by atoms with Crippen LogP contribution in [0.4, 0.5) is 5.69 Å². The number of anilines is 1. The van der Waals surface area contributed by atoms with Crippen LogP contribution in [0.5, 0.6) is 0 Å². The van der Waals surface area contributed by atoms with E-state index in [9.17, 15) is 9.59 Å². The first-order valence-electron chi connectivity index (χ1n) is 8.94. The number of hydrogen-bond acceptors (Lipinski definition) is 7. The van der Waals surface area contributed by atoms with Crippen molar-refractivity contribution in [3.05, 3.63) is 29.8 Å². The third-order valence-electron chi connectivity index (χ3n) is 4.08. The Balaban J connectivity index is 1.53. The van der Waals surface area contributed by atoms with E-state index in [1.54, 1.807) is 12.1 Å². The number of hydrogen-bond donors (Lipinski definition) is 0. The van der Waals surface area contributed by atoms with Gasteiger partial charge in [0.25, 0.3) is 0 Å². The Labute approximate surface area is 163 Å². The molecule has 0 amide bonds. The van der Waals surface area contributed by atoms with Gasteiger partial charge in [-0.05, 0) is 43.5 Å². The first-order chi connectivity index (χ1) is 12.6. The highest BCUT2D eigenvalue weighted by molar-refractivity contribution is 8.77. The van der Waals surface area contributed by atoms with Gasteiger partial charge in [-0.3, -0.25) is 4.79 Å². The highest BCUT2D eigenvalue weighted by atomic mass is 33.1. The Morgan fingerprint density at radius 1 is 1.12 bits per heavy atom. The quantitative estimate of drug-likeness (QED) is 0.334. The van der Waals surface area contributed by atoms with E-state index < -0.39 is 5.97 Å². The summed E-state index contributed by atoms with van der Waals surface area (Å²) >= 11 is 0. The van der Waals surface area contributed by atoms with Crippen LogP contribution in [0.3, 0.4) is 0 Å². The Morgan fingerprint density at radius 2 is 1.85 bits per heavy atom. The van der Waals surface area contributed by atoms with Crippen LogP contribution in [0.15, 0.2) is 24.3 Å². The van der Waals surface area contributed by atoms with E-state index in [1.165, 1.54) is 18.6 Å². The number of carbonyl (C=O) groups excluding carboxylic acids is 2. The van der Waals surface area contributed by atoms with Gasteiger partial charge >= 0.3 is 11.9 Å². The predicted molar refractivity (Wildman–Crippen MR) is 109 cm³/mol. The van der Waals surface area contributed by atoms with Crippen LogP contribution in [-0.4, -0.2) is 50.3 Å². The first kappa shape index (κ1) is 21.0. The molecule has 26 heavy (non-hydrogen) atoms. The van der Waals surface area contributed by atoms with Gasteiger partial charge in [-0.25, -0.2) is 4.79 Å². The molecule has 0 radical (unpaired) electrons. The molecule has 7 heteroatoms. The minimum Gasteiger partial charge on any atom is -0.462 e. The van der Waals surface area contributed by atoms with Gasteiger partial charge in [-0.2, -0.15) is 0 Å². The summed E-state index contributed by atoms with van der Waals surface area (Å²) in [6.45, 7) is 0.186. The lowest BCUT2D eigenvalue weighted by molar-refractivity contribution is -0.144. The molecule has 1 atom stereocenters. The zero-order valence-electron chi connectivity index (χ0n) is 15.4. The van der Waals surface area contributed by atoms with Crippen LogP contribution in [0.2, 0.25) is 0 Å². The van der Waals surface area contributed by atoms with Gasteiger partial charge in [-0.1, -0.05) is 28.0 Å². The average Bonchev–Trinajstić information content (AvgIpc) is 3.15. The first-order valence-corrected chi connectivity index (χ1v) is 11.3. The molecule has 0 spiro atoms. The molecule has 5 nitrogen and oxygen atoms in total. The van der Waals surface area contributed by atoms with Crippen molar-refractivity contribution >= 4 is 39.2 Å². The number of carbonyl (C=O) groups is 2. The van der Waals surface area contributed by atoms with Crippen LogP contribution in [-0.2, 0) is 14.3 Å². The molecule has 1 unspecified atom stereocenters. The molecule has 1 saturated heterocycles. The maximum Gasteiger partial charge on any atom is 0.338 e. The van der Waals surface area contributed by atoms with E-state index in [0.29, 0.717) is 12.0 Å². The predicted octanol–water partition coefficient (Wildman–Crippen LogP) is 4.17. The van der Waals surface area contributed by atoms with E-state index in [-0.39, 0.29) is 19.2 Å². The Hall–Kier alpha value is -1.34. The molecule has 0 aliphatic carbocycles. The zero-order chi connectivity index (χ0) is 18.8. The van der Waals surface area contributed by atoms with Crippen molar-refractivity contribution in [2.24, 2.45) is 0 Å². The molecule has 1 heterocycles. The summed E-state index contributed by atoms with van der Waals surface area (Å²) in [7, 11) is 7.79. The SMILES string of the molecule is CN(C)c1ccc(C(=O)OCCOC(=O)CCCCC2CCSS2)cc1. The minimum atomic E-state index is -0.404. The van der Waals surface area contributed by atoms with Crippen LogP contribution in [0.25, 0.3) is 0 Å². The second-order valence-electron chi connectivity index (χ2n) is 6.37. The molecule has 1 aromatic rings. The Bertz CT molecular complexity index is 571. The fraction of sp³-hybridized carbons (Fsp3) is 0.579. The van der Waals surface area contributed by atoms with Crippen molar-refractivity contribution in [2.45, 2.75) is 37.4 Å². The van der Waals surface area contributed by atoms with Crippen molar-refractivity contribution in [3.63, 3.8) is 0 Å². The maximum atomic E-state index is 11.9. The summed E-state index contributed by atoms with van der Waals surface area (Å²) < 4.78 is 10.3. The normalized spacial score (nSPS) is 16.3. The van der Waals surface area contributed by atoms with E-state index in [4.69, 9.17) is 9.47 Å². The largest absolute Gasteiger partial charge is 0.462 e. The van der Waals surface area contributed by atoms with Crippen molar-refractivity contribution in [3.8, 4) is 0 Å². The van der Waals surface area contributed by atoms with Crippen LogP contribution in [0, 0.1) is 0 Å². The smallest absolute Gasteiger partial charge is 0.338 e. The van der Waals surface area contributed by atoms with Gasteiger partial charge in [0.05, 0.1) is 5.56 Å². The second-order valence-corrected chi connectivity index (χ2v) is 9.16. The molecule has 1 aromatic carbocycles. The highest BCUT2D eigenvalue weighted by Crippen LogP contribution is 2.39. The highest BCUT2D eigenvalue weighted by Gasteiger charge is 2.16. The summed E-state index contributed by atoms with van der Waals surface area (Å²) in [5.41, 5.74) is 1.51. The van der Waals surface area contributed by atoms with E-state index in [2.05, 4.69) is 0 Å². The van der Waals surface area contributed by atoms with E-state index >= 15 is 0 Å². The summed E-state index contributed by atoms with van der Waals surface area (Å²) in [5, 5.41) is 0.752. The van der Waals surface area contributed by atoms with Crippen molar-refractivity contribution in [1.82, 2.24) is 0 Å². The lowest BCUT2D eigenvalue weighted by Crippen LogP contribution is -2.14. The number of benzene rings is 1. The molecule has 0 bridgehead atoms. The summed E-state index contributed by atoms with van der Waals surface area (Å²) in [4.78, 5) is 25.6. The number of rotatable bonds is 10. The molecule has 1 fully saturated rings. The van der Waals surface area contributed by atoms with E-state index in [0.717, 1.165) is 23.8 Å². The summed E-state index contributed by atoms with van der Waals surface area (Å²) in [6.07, 6.45) is 4.81. The van der Waals surface area contributed by atoms with Crippen molar-refractivity contribution in [1.29, 1.82) is 0 Å². The molecule has 1 aliphatic rings. The summed E-state index contributed by atoms with van der Waals surface area (Å²) in [5.74, 6) is 0.624. The molecule has 0 N–H and O–H groups in total. The van der Waals surface area contributed by atoms with Gasteiger partial charge in [0, 0.05) is 37.2 Å². The van der Waals surface area contributed by atoms with E-state index in [1.807, 2.05) is 52.7 Å². The fourth-order valence-electron chi connectivity index (χ4n) is 2.55. The molecule has 144 valence electrons. The molecule has 2 rings (SSSR count). The number of ether oxygens (including phenoxy) is 2. The van der Waals surface area contributed by atoms with Crippen molar-refractivity contribution in [2.75, 3.05) is 38.0 Å². The van der Waals surface area contributed by atoms with Crippen LogP contribution < -0.4 is 4.90 Å². The third-order valence-corrected chi connectivity index (χ3v) is 7.09. The Morgan fingerprint density at radius 3 is 2.50 bits per heavy atom. The third kappa shape index (κ3) is 7.50. The molecular weight excluding hydrogens is 370 g/mol. The molecule has 0 saturated carbocycles. The van der Waals surface area contributed by atoms with Crippen molar-refractivity contribution < 1.29 is 19.1 Å². The van der Waals surface area contributed by atoms with Gasteiger partial charge in [0.15, 0.2) is 0 Å². The second kappa shape index (κ2) is 11.4. The number of esters is 2. The van der Waals surface area contributed by atoms with Crippen LogP contribution in [0.1, 0.15) is 42.5 Å². The fourth-order valence-corrected chi connectivity index (χ4v) is 5.57. The maximum absolute atomic E-state index is 11.9.